The molecule has 0 saturated carbocycles. The maximum Gasteiger partial charge on any atom is 0.141 e. The number of H-pyrrole nitrogens is 1. The third-order valence-electron chi connectivity index (χ3n) is 1.69. The van der Waals surface area contributed by atoms with Gasteiger partial charge in [-0.3, -0.25) is 5.10 Å². The number of hydrogen-bond acceptors (Lipinski definition) is 3. The van der Waals surface area contributed by atoms with Crippen LogP contribution in [0.15, 0.2) is 12.1 Å². The fourth-order valence-electron chi connectivity index (χ4n) is 1.08. The van der Waals surface area contributed by atoms with Crippen molar-refractivity contribution in [3.05, 3.63) is 23.5 Å². The van der Waals surface area contributed by atoms with Gasteiger partial charge in [0.15, 0.2) is 0 Å². The van der Waals surface area contributed by atoms with E-state index in [9.17, 15) is 0 Å². The second kappa shape index (κ2) is 2.31. The molecule has 0 radical (unpaired) electrons. The Morgan fingerprint density at radius 3 is 3.08 bits per heavy atom. The second-order valence-corrected chi connectivity index (χ2v) is 2.52. The second-order valence-electron chi connectivity index (χ2n) is 2.52. The summed E-state index contributed by atoms with van der Waals surface area (Å²) in [6.45, 7) is 1.88. The van der Waals surface area contributed by atoms with Gasteiger partial charge in [-0.2, -0.15) is 10.4 Å². The van der Waals surface area contributed by atoms with E-state index in [-0.39, 0.29) is 0 Å². The van der Waals surface area contributed by atoms with Crippen LogP contribution in [0.25, 0.3) is 11.0 Å². The molecule has 0 bridgehead atoms. The molecule has 0 aliphatic carbocycles. The molecule has 1 N–H and O–H groups in total. The average molecular weight is 158 g/mol. The fourth-order valence-corrected chi connectivity index (χ4v) is 1.08. The predicted octanol–water partition coefficient (Wildman–Crippen LogP) is 1.14. The molecule has 58 valence electrons. The van der Waals surface area contributed by atoms with Crippen molar-refractivity contribution in [2.75, 3.05) is 0 Å². The van der Waals surface area contributed by atoms with Gasteiger partial charge in [-0.25, -0.2) is 4.98 Å². The summed E-state index contributed by atoms with van der Waals surface area (Å²) < 4.78 is 0. The van der Waals surface area contributed by atoms with Gasteiger partial charge < -0.3 is 0 Å². The number of pyridine rings is 1. The van der Waals surface area contributed by atoms with Crippen LogP contribution in [-0.4, -0.2) is 15.2 Å². The number of nitriles is 1. The molecule has 2 rings (SSSR count). The van der Waals surface area contributed by atoms with Gasteiger partial charge in [-0.1, -0.05) is 0 Å². The van der Waals surface area contributed by atoms with E-state index >= 15 is 0 Å². The van der Waals surface area contributed by atoms with Crippen molar-refractivity contribution in [2.24, 2.45) is 0 Å². The summed E-state index contributed by atoms with van der Waals surface area (Å²) in [7, 11) is 0. The molecule has 12 heavy (non-hydrogen) atoms. The molecular weight excluding hydrogens is 152 g/mol. The van der Waals surface area contributed by atoms with Crippen molar-refractivity contribution in [1.82, 2.24) is 15.2 Å². The summed E-state index contributed by atoms with van der Waals surface area (Å²) in [6, 6.07) is 5.42. The smallest absolute Gasteiger partial charge is 0.141 e. The molecule has 0 atom stereocenters. The molecule has 0 saturated heterocycles. The minimum Gasteiger partial charge on any atom is -0.280 e. The van der Waals surface area contributed by atoms with Crippen LogP contribution in [0.3, 0.4) is 0 Å². The molecule has 0 aliphatic rings. The SMILES string of the molecule is Cc1[nH]nc2ccc(C#N)nc12. The maximum atomic E-state index is 8.58. The largest absolute Gasteiger partial charge is 0.280 e. The summed E-state index contributed by atoms with van der Waals surface area (Å²) in [5.74, 6) is 0. The van der Waals surface area contributed by atoms with E-state index < -0.39 is 0 Å². The monoisotopic (exact) mass is 158 g/mol. The predicted molar refractivity (Wildman–Crippen MR) is 43.3 cm³/mol. The maximum absolute atomic E-state index is 8.58. The first kappa shape index (κ1) is 6.80. The van der Waals surface area contributed by atoms with Gasteiger partial charge in [0.1, 0.15) is 22.8 Å². The molecule has 0 spiro atoms. The van der Waals surface area contributed by atoms with E-state index in [0.717, 1.165) is 16.7 Å². The minimum atomic E-state index is 0.423. The lowest BCUT2D eigenvalue weighted by Gasteiger charge is -1.88. The Morgan fingerprint density at radius 2 is 2.33 bits per heavy atom. The first-order chi connectivity index (χ1) is 5.81. The van der Waals surface area contributed by atoms with E-state index in [1.807, 2.05) is 13.0 Å². The lowest BCUT2D eigenvalue weighted by Crippen LogP contribution is -1.82. The Kier molecular flexibility index (Phi) is 1.31. The van der Waals surface area contributed by atoms with Gasteiger partial charge in [-0.15, -0.1) is 0 Å². The highest BCUT2D eigenvalue weighted by atomic mass is 15.1. The molecule has 4 heteroatoms. The number of nitrogens with zero attached hydrogens (tertiary/aromatic N) is 3. The van der Waals surface area contributed by atoms with E-state index in [1.165, 1.54) is 0 Å². The van der Waals surface area contributed by atoms with E-state index in [1.54, 1.807) is 12.1 Å². The lowest BCUT2D eigenvalue weighted by atomic mass is 10.3. The molecule has 4 nitrogen and oxygen atoms in total. The molecule has 0 fully saturated rings. The van der Waals surface area contributed by atoms with Crippen LogP contribution in [0.5, 0.6) is 0 Å². The van der Waals surface area contributed by atoms with Crippen molar-refractivity contribution in [3.8, 4) is 6.07 Å². The molecule has 0 unspecified atom stereocenters. The molecular formula is C8H6N4. The Morgan fingerprint density at radius 1 is 1.50 bits per heavy atom. The van der Waals surface area contributed by atoms with Gasteiger partial charge in [-0.05, 0) is 19.1 Å². The van der Waals surface area contributed by atoms with Crippen molar-refractivity contribution in [1.29, 1.82) is 5.26 Å². The van der Waals surface area contributed by atoms with E-state index in [2.05, 4.69) is 15.2 Å². The quantitative estimate of drug-likeness (QED) is 0.625. The van der Waals surface area contributed by atoms with Gasteiger partial charge in [0, 0.05) is 0 Å². The third kappa shape index (κ3) is 0.839. The number of nitrogens with one attached hydrogen (secondary N) is 1. The van der Waals surface area contributed by atoms with Crippen LogP contribution >= 0.6 is 0 Å². The molecule has 2 aromatic heterocycles. The topological polar surface area (TPSA) is 65.4 Å². The highest BCUT2D eigenvalue weighted by Gasteiger charge is 2.02. The Balaban J connectivity index is 2.82. The minimum absolute atomic E-state index is 0.423. The normalized spacial score (nSPS) is 10.0. The summed E-state index contributed by atoms with van der Waals surface area (Å²) in [5, 5.41) is 15.4. The molecule has 0 aromatic carbocycles. The zero-order chi connectivity index (χ0) is 8.55. The number of aromatic nitrogens is 3. The van der Waals surface area contributed by atoms with Crippen LogP contribution in [0.1, 0.15) is 11.4 Å². The van der Waals surface area contributed by atoms with Crippen LogP contribution < -0.4 is 0 Å². The van der Waals surface area contributed by atoms with Crippen LogP contribution in [0.2, 0.25) is 0 Å². The fraction of sp³-hybridized carbons (Fsp3) is 0.125. The lowest BCUT2D eigenvalue weighted by molar-refractivity contribution is 1.07. The van der Waals surface area contributed by atoms with E-state index in [4.69, 9.17) is 5.26 Å². The average Bonchev–Trinajstić information content (AvgIpc) is 2.47. The first-order valence-corrected chi connectivity index (χ1v) is 3.53. The Labute approximate surface area is 68.9 Å². The zero-order valence-electron chi connectivity index (χ0n) is 6.50. The summed E-state index contributed by atoms with van der Waals surface area (Å²) >= 11 is 0. The van der Waals surface area contributed by atoms with Gasteiger partial charge in [0.05, 0.1) is 5.69 Å². The molecule has 2 heterocycles. The first-order valence-electron chi connectivity index (χ1n) is 3.53. The summed E-state index contributed by atoms with van der Waals surface area (Å²) in [5.41, 5.74) is 2.88. The van der Waals surface area contributed by atoms with Gasteiger partial charge >= 0.3 is 0 Å². The Hall–Kier alpha value is -1.89. The molecule has 0 amide bonds. The van der Waals surface area contributed by atoms with Crippen molar-refractivity contribution in [2.45, 2.75) is 6.92 Å². The standard InChI is InChI=1S/C8H6N4/c1-5-8-7(12-11-5)3-2-6(4-9)10-8/h2-3H,1H3,(H,11,12). The zero-order valence-corrected chi connectivity index (χ0v) is 6.50. The number of aryl methyl sites for hydroxylation is 1. The van der Waals surface area contributed by atoms with Crippen LogP contribution in [-0.2, 0) is 0 Å². The molecule has 0 aliphatic heterocycles. The summed E-state index contributed by atoms with van der Waals surface area (Å²) in [4.78, 5) is 4.10. The van der Waals surface area contributed by atoms with Crippen LogP contribution in [0, 0.1) is 18.3 Å². The summed E-state index contributed by atoms with van der Waals surface area (Å²) in [6.07, 6.45) is 0. The van der Waals surface area contributed by atoms with Gasteiger partial charge in [0.25, 0.3) is 0 Å². The molecule has 2 aromatic rings. The number of fused-ring (bicyclic) bond motifs is 1. The van der Waals surface area contributed by atoms with Crippen molar-refractivity contribution in [3.63, 3.8) is 0 Å². The van der Waals surface area contributed by atoms with Crippen LogP contribution in [0.4, 0.5) is 0 Å². The van der Waals surface area contributed by atoms with Crippen molar-refractivity contribution >= 4 is 11.0 Å². The number of rotatable bonds is 0. The van der Waals surface area contributed by atoms with Crippen molar-refractivity contribution < 1.29 is 0 Å². The number of aromatic amines is 1. The highest BCUT2D eigenvalue weighted by molar-refractivity contribution is 5.76. The third-order valence-corrected chi connectivity index (χ3v) is 1.69. The highest BCUT2D eigenvalue weighted by Crippen LogP contribution is 2.11. The van der Waals surface area contributed by atoms with E-state index in [0.29, 0.717) is 5.69 Å². The Bertz CT molecular complexity index is 463. The number of hydrogen-bond donors (Lipinski definition) is 1. The van der Waals surface area contributed by atoms with Gasteiger partial charge in [0.2, 0.25) is 0 Å².